The summed E-state index contributed by atoms with van der Waals surface area (Å²) in [6.07, 6.45) is -4.11. The molecule has 0 radical (unpaired) electrons. The predicted molar refractivity (Wildman–Crippen MR) is 132 cm³/mol. The van der Waals surface area contributed by atoms with Crippen LogP contribution < -0.4 is 15.4 Å². The molecule has 2 N–H and O–H groups in total. The lowest BCUT2D eigenvalue weighted by molar-refractivity contribution is -0.137. The molecule has 1 aromatic heterocycles. The maximum absolute atomic E-state index is 12.8. The van der Waals surface area contributed by atoms with Crippen LogP contribution in [-0.4, -0.2) is 29.9 Å². The zero-order valence-corrected chi connectivity index (χ0v) is 21.1. The van der Waals surface area contributed by atoms with E-state index in [4.69, 9.17) is 4.74 Å². The quantitative estimate of drug-likeness (QED) is 0.336. The van der Waals surface area contributed by atoms with Gasteiger partial charge in [0.05, 0.1) is 5.56 Å². The molecule has 10 heteroatoms. The third-order valence-electron chi connectivity index (χ3n) is 5.30. The molecule has 2 amide bonds. The average Bonchev–Trinajstić information content (AvgIpc) is 3.31. The highest BCUT2D eigenvalue weighted by atomic mass is 32.1. The summed E-state index contributed by atoms with van der Waals surface area (Å²) in [5.41, 5.74) is 1.53. The number of rotatable bonds is 10. The van der Waals surface area contributed by atoms with Gasteiger partial charge in [-0.2, -0.15) is 13.2 Å². The summed E-state index contributed by atoms with van der Waals surface area (Å²) in [4.78, 5) is 28.8. The first-order valence-electron chi connectivity index (χ1n) is 11.5. The lowest BCUT2D eigenvalue weighted by Gasteiger charge is -2.14. The second-order valence-electron chi connectivity index (χ2n) is 8.56. The summed E-state index contributed by atoms with van der Waals surface area (Å²) in [5.74, 6) is 0.164. The van der Waals surface area contributed by atoms with Crippen LogP contribution in [0.5, 0.6) is 5.75 Å². The van der Waals surface area contributed by atoms with Crippen molar-refractivity contribution in [3.05, 3.63) is 80.8 Å². The monoisotopic (exact) mass is 519 g/mol. The van der Waals surface area contributed by atoms with Crippen LogP contribution >= 0.6 is 11.3 Å². The van der Waals surface area contributed by atoms with Crippen LogP contribution in [0.4, 0.5) is 13.2 Å². The highest BCUT2D eigenvalue weighted by Crippen LogP contribution is 2.30. The largest absolute Gasteiger partial charge is 0.486 e. The van der Waals surface area contributed by atoms with Gasteiger partial charge in [-0.05, 0) is 54.7 Å². The van der Waals surface area contributed by atoms with Crippen LogP contribution in [0.3, 0.4) is 0 Å². The Morgan fingerprint density at radius 1 is 1.06 bits per heavy atom. The molecule has 0 aliphatic rings. The first-order valence-corrected chi connectivity index (χ1v) is 12.3. The summed E-state index contributed by atoms with van der Waals surface area (Å²) >= 11 is 1.33. The normalized spacial score (nSPS) is 11.4. The van der Waals surface area contributed by atoms with Crippen molar-refractivity contribution in [1.29, 1.82) is 0 Å². The van der Waals surface area contributed by atoms with Gasteiger partial charge in [0.15, 0.2) is 0 Å². The van der Waals surface area contributed by atoms with Gasteiger partial charge in [0.25, 0.3) is 11.8 Å². The fourth-order valence-electron chi connectivity index (χ4n) is 3.39. The SMILES string of the molecule is Cc1ccc(C(C)C)c(OCc2nc(C(=O)NCCCNC(=O)c3cccc(C(F)(F)F)c3)cs2)c1. The molecule has 2 aromatic carbocycles. The Morgan fingerprint density at radius 3 is 2.47 bits per heavy atom. The zero-order chi connectivity index (χ0) is 26.3. The van der Waals surface area contributed by atoms with Crippen molar-refractivity contribution < 1.29 is 27.5 Å². The number of hydrogen-bond acceptors (Lipinski definition) is 5. The van der Waals surface area contributed by atoms with E-state index in [2.05, 4.69) is 35.5 Å². The van der Waals surface area contributed by atoms with Crippen molar-refractivity contribution >= 4 is 23.2 Å². The van der Waals surface area contributed by atoms with Crippen molar-refractivity contribution in [2.45, 2.75) is 45.9 Å². The number of alkyl halides is 3. The molecular formula is C26H28F3N3O3S. The van der Waals surface area contributed by atoms with E-state index in [0.29, 0.717) is 17.3 Å². The van der Waals surface area contributed by atoms with Crippen LogP contribution in [0.15, 0.2) is 47.8 Å². The van der Waals surface area contributed by atoms with E-state index >= 15 is 0 Å². The topological polar surface area (TPSA) is 80.3 Å². The minimum atomic E-state index is -4.51. The van der Waals surface area contributed by atoms with Gasteiger partial charge in [-0.15, -0.1) is 11.3 Å². The average molecular weight is 520 g/mol. The van der Waals surface area contributed by atoms with Gasteiger partial charge < -0.3 is 15.4 Å². The van der Waals surface area contributed by atoms with Crippen LogP contribution in [0, 0.1) is 6.92 Å². The molecule has 0 aliphatic carbocycles. The minimum Gasteiger partial charge on any atom is -0.486 e. The van der Waals surface area contributed by atoms with Crippen molar-refractivity contribution in [1.82, 2.24) is 15.6 Å². The number of nitrogens with one attached hydrogen (secondary N) is 2. The standard InChI is InChI=1S/C26H28F3N3O3S/c1-16(2)20-9-8-17(3)12-22(20)35-14-23-32-21(15-36-23)25(34)31-11-5-10-30-24(33)18-6-4-7-19(13-18)26(27,28)29/h4,6-9,12-13,15-16H,5,10-11,14H2,1-3H3,(H,30,33)(H,31,34). The fourth-order valence-corrected chi connectivity index (χ4v) is 4.07. The van der Waals surface area contributed by atoms with Crippen LogP contribution in [-0.2, 0) is 12.8 Å². The summed E-state index contributed by atoms with van der Waals surface area (Å²) in [6, 6.07) is 10.3. The van der Waals surface area contributed by atoms with E-state index in [1.54, 1.807) is 5.38 Å². The van der Waals surface area contributed by atoms with E-state index in [0.717, 1.165) is 29.0 Å². The number of aromatic nitrogens is 1. The Morgan fingerprint density at radius 2 is 1.78 bits per heavy atom. The second-order valence-corrected chi connectivity index (χ2v) is 9.50. The number of benzene rings is 2. The van der Waals surface area contributed by atoms with E-state index in [9.17, 15) is 22.8 Å². The molecular weight excluding hydrogens is 491 g/mol. The summed E-state index contributed by atoms with van der Waals surface area (Å²) in [5, 5.41) is 7.61. The van der Waals surface area contributed by atoms with Gasteiger partial charge in [-0.1, -0.05) is 32.0 Å². The van der Waals surface area contributed by atoms with Gasteiger partial charge in [-0.25, -0.2) is 4.98 Å². The first-order chi connectivity index (χ1) is 17.0. The fraction of sp³-hybridized carbons (Fsp3) is 0.346. The van der Waals surface area contributed by atoms with Gasteiger partial charge in [-0.3, -0.25) is 9.59 Å². The van der Waals surface area contributed by atoms with E-state index in [1.165, 1.54) is 23.5 Å². The van der Waals surface area contributed by atoms with E-state index in [1.807, 2.05) is 19.1 Å². The number of halogens is 3. The molecule has 0 spiro atoms. The molecule has 1 heterocycles. The Kier molecular flexibility index (Phi) is 9.08. The maximum Gasteiger partial charge on any atom is 0.416 e. The molecule has 0 saturated heterocycles. The third-order valence-corrected chi connectivity index (χ3v) is 6.13. The van der Waals surface area contributed by atoms with Gasteiger partial charge >= 0.3 is 6.18 Å². The van der Waals surface area contributed by atoms with Gasteiger partial charge in [0.2, 0.25) is 0 Å². The minimum absolute atomic E-state index is 0.0720. The van der Waals surface area contributed by atoms with Gasteiger partial charge in [0.1, 0.15) is 23.1 Å². The van der Waals surface area contributed by atoms with Crippen LogP contribution in [0.2, 0.25) is 0 Å². The van der Waals surface area contributed by atoms with Crippen molar-refractivity contribution in [2.24, 2.45) is 0 Å². The number of carbonyl (C=O) groups excluding carboxylic acids is 2. The maximum atomic E-state index is 12.8. The molecule has 3 aromatic rings. The molecule has 0 fully saturated rings. The summed E-state index contributed by atoms with van der Waals surface area (Å²) in [6.45, 7) is 6.91. The number of hydrogen-bond donors (Lipinski definition) is 2. The number of carbonyl (C=O) groups is 2. The Balaban J connectivity index is 1.42. The molecule has 0 bridgehead atoms. The smallest absolute Gasteiger partial charge is 0.416 e. The lowest BCUT2D eigenvalue weighted by atomic mass is 10.0. The molecule has 192 valence electrons. The molecule has 36 heavy (non-hydrogen) atoms. The number of ether oxygens (including phenoxy) is 1. The Bertz CT molecular complexity index is 1210. The lowest BCUT2D eigenvalue weighted by Crippen LogP contribution is -2.30. The number of nitrogens with zero attached hydrogens (tertiary/aromatic N) is 1. The highest BCUT2D eigenvalue weighted by molar-refractivity contribution is 7.09. The summed E-state index contributed by atoms with van der Waals surface area (Å²) in [7, 11) is 0. The van der Waals surface area contributed by atoms with Crippen LogP contribution in [0.25, 0.3) is 0 Å². The molecule has 0 unspecified atom stereocenters. The Hall–Kier alpha value is -3.40. The molecule has 6 nitrogen and oxygen atoms in total. The zero-order valence-electron chi connectivity index (χ0n) is 20.2. The van der Waals surface area contributed by atoms with E-state index in [-0.39, 0.29) is 36.9 Å². The number of amides is 2. The van der Waals surface area contributed by atoms with Crippen molar-refractivity contribution in [2.75, 3.05) is 13.1 Å². The first kappa shape index (κ1) is 27.2. The van der Waals surface area contributed by atoms with Crippen molar-refractivity contribution in [3.63, 3.8) is 0 Å². The van der Waals surface area contributed by atoms with Gasteiger partial charge in [0, 0.05) is 24.0 Å². The molecule has 3 rings (SSSR count). The van der Waals surface area contributed by atoms with E-state index < -0.39 is 17.6 Å². The Labute approximate surface area is 211 Å². The molecule has 0 aliphatic heterocycles. The molecule has 0 atom stereocenters. The summed E-state index contributed by atoms with van der Waals surface area (Å²) < 4.78 is 44.4. The second kappa shape index (κ2) is 12.0. The number of thiazole rings is 1. The third kappa shape index (κ3) is 7.55. The highest BCUT2D eigenvalue weighted by Gasteiger charge is 2.30. The molecule has 0 saturated carbocycles. The predicted octanol–water partition coefficient (Wildman–Crippen LogP) is 5.72. The van der Waals surface area contributed by atoms with Crippen molar-refractivity contribution in [3.8, 4) is 5.75 Å². The van der Waals surface area contributed by atoms with Crippen LogP contribution in [0.1, 0.15) is 68.7 Å². The number of aryl methyl sites for hydroxylation is 1.